The molecule has 1 fully saturated rings. The van der Waals surface area contributed by atoms with Gasteiger partial charge in [0.2, 0.25) is 5.69 Å². The molecule has 1 heterocycles. The predicted molar refractivity (Wildman–Crippen MR) is 114 cm³/mol. The molecule has 1 saturated carbocycles. The fourth-order valence-corrected chi connectivity index (χ4v) is 3.30. The van der Waals surface area contributed by atoms with Gasteiger partial charge in [-0.15, -0.1) is 0 Å². The number of hydrogen-bond donors (Lipinski definition) is 1. The number of nitrogens with zero attached hydrogens (tertiary/aromatic N) is 3. The normalized spacial score (nSPS) is 13.3. The van der Waals surface area contributed by atoms with E-state index in [1.165, 1.54) is 0 Å². The van der Waals surface area contributed by atoms with Gasteiger partial charge in [-0.05, 0) is 62.4 Å². The first-order valence-corrected chi connectivity index (χ1v) is 10.0. The second-order valence-electron chi connectivity index (χ2n) is 7.94. The Morgan fingerprint density at radius 1 is 1.07 bits per heavy atom. The van der Waals surface area contributed by atoms with Crippen molar-refractivity contribution in [1.82, 2.24) is 19.7 Å². The van der Waals surface area contributed by atoms with Crippen molar-refractivity contribution in [2.24, 2.45) is 0 Å². The van der Waals surface area contributed by atoms with Gasteiger partial charge in [0.25, 0.3) is 11.5 Å². The van der Waals surface area contributed by atoms with Crippen molar-refractivity contribution in [2.75, 3.05) is 0 Å². The highest BCUT2D eigenvalue weighted by Crippen LogP contribution is 2.19. The largest absolute Gasteiger partial charge is 0.352 e. The molecule has 7 heteroatoms. The van der Waals surface area contributed by atoms with Crippen molar-refractivity contribution in [1.29, 1.82) is 0 Å². The van der Waals surface area contributed by atoms with Crippen LogP contribution in [-0.2, 0) is 6.54 Å². The third-order valence-corrected chi connectivity index (χ3v) is 5.35. The van der Waals surface area contributed by atoms with Crippen molar-refractivity contribution in [3.63, 3.8) is 0 Å². The van der Waals surface area contributed by atoms with Gasteiger partial charge in [-0.2, -0.15) is 9.78 Å². The molecular weight excluding hydrogens is 380 g/mol. The van der Waals surface area contributed by atoms with Crippen molar-refractivity contribution in [3.05, 3.63) is 91.3 Å². The first-order chi connectivity index (χ1) is 14.3. The second-order valence-corrected chi connectivity index (χ2v) is 7.94. The highest BCUT2D eigenvalue weighted by atomic mass is 16.2. The summed E-state index contributed by atoms with van der Waals surface area (Å²) >= 11 is 0. The first-order valence-electron chi connectivity index (χ1n) is 10.0. The Hall–Kier alpha value is -3.48. The van der Waals surface area contributed by atoms with E-state index in [0.29, 0.717) is 5.69 Å². The molecule has 0 bridgehead atoms. The molecule has 0 atom stereocenters. The zero-order valence-corrected chi connectivity index (χ0v) is 17.3. The summed E-state index contributed by atoms with van der Waals surface area (Å²) < 4.78 is 2.23. The standard InChI is InChI=1S/C23H24N4O3/c1-14-5-4-6-17(11-14)13-26-22(29)20(21(28)24-18-8-9-18)25-27(23(26)30)19-10-7-15(2)16(3)12-19/h4-7,10-12,18H,8-9,13H2,1-3H3,(H,24,28). The Balaban J connectivity index is 1.88. The number of aryl methyl sites for hydroxylation is 3. The summed E-state index contributed by atoms with van der Waals surface area (Å²) in [6, 6.07) is 13.1. The number of nitrogens with one attached hydrogen (secondary N) is 1. The lowest BCUT2D eigenvalue weighted by Gasteiger charge is -2.13. The molecule has 1 N–H and O–H groups in total. The molecule has 7 nitrogen and oxygen atoms in total. The van der Waals surface area contributed by atoms with Crippen LogP contribution in [0.25, 0.3) is 5.69 Å². The zero-order chi connectivity index (χ0) is 21.4. The van der Waals surface area contributed by atoms with Gasteiger partial charge in [0.1, 0.15) is 0 Å². The van der Waals surface area contributed by atoms with E-state index in [2.05, 4.69) is 10.4 Å². The number of hydrogen-bond acceptors (Lipinski definition) is 4. The topological polar surface area (TPSA) is 86.0 Å². The lowest BCUT2D eigenvalue weighted by molar-refractivity contribution is 0.0941. The van der Waals surface area contributed by atoms with E-state index < -0.39 is 17.2 Å². The fraction of sp³-hybridized carbons (Fsp3) is 0.304. The average molecular weight is 404 g/mol. The van der Waals surface area contributed by atoms with Crippen LogP contribution >= 0.6 is 0 Å². The molecule has 0 radical (unpaired) electrons. The molecule has 154 valence electrons. The molecule has 0 saturated heterocycles. The third kappa shape index (κ3) is 3.96. The molecule has 30 heavy (non-hydrogen) atoms. The van der Waals surface area contributed by atoms with Crippen LogP contribution in [0.15, 0.2) is 52.1 Å². The van der Waals surface area contributed by atoms with Crippen LogP contribution in [0, 0.1) is 20.8 Å². The van der Waals surface area contributed by atoms with E-state index in [-0.39, 0.29) is 18.3 Å². The maximum Gasteiger partial charge on any atom is 0.352 e. The van der Waals surface area contributed by atoms with Crippen LogP contribution in [0.2, 0.25) is 0 Å². The van der Waals surface area contributed by atoms with E-state index in [1.54, 1.807) is 6.07 Å². The van der Waals surface area contributed by atoms with Crippen LogP contribution in [0.1, 0.15) is 45.6 Å². The summed E-state index contributed by atoms with van der Waals surface area (Å²) in [4.78, 5) is 39.0. The van der Waals surface area contributed by atoms with Crippen molar-refractivity contribution < 1.29 is 4.79 Å². The van der Waals surface area contributed by atoms with E-state index in [9.17, 15) is 14.4 Å². The predicted octanol–water partition coefficient (Wildman–Crippen LogP) is 2.26. The number of amides is 1. The molecule has 1 aromatic heterocycles. The fourth-order valence-electron chi connectivity index (χ4n) is 3.30. The molecule has 2 aromatic carbocycles. The minimum Gasteiger partial charge on any atom is -0.348 e. The van der Waals surface area contributed by atoms with Gasteiger partial charge in [0.05, 0.1) is 12.2 Å². The number of carbonyl (C=O) groups excluding carboxylic acids is 1. The van der Waals surface area contributed by atoms with Gasteiger partial charge in [-0.3, -0.25) is 14.2 Å². The molecule has 1 amide bonds. The van der Waals surface area contributed by atoms with Crippen LogP contribution < -0.4 is 16.6 Å². The van der Waals surface area contributed by atoms with E-state index in [4.69, 9.17) is 0 Å². The Bertz CT molecular complexity index is 1250. The summed E-state index contributed by atoms with van der Waals surface area (Å²) in [6.45, 7) is 5.92. The first kappa shape index (κ1) is 19.8. The summed E-state index contributed by atoms with van der Waals surface area (Å²) in [7, 11) is 0. The summed E-state index contributed by atoms with van der Waals surface area (Å²) in [5, 5.41) is 6.97. The molecule has 0 spiro atoms. The Morgan fingerprint density at radius 2 is 1.83 bits per heavy atom. The van der Waals surface area contributed by atoms with E-state index in [0.717, 1.165) is 44.3 Å². The summed E-state index contributed by atoms with van der Waals surface area (Å²) in [5.41, 5.74) is 2.88. The van der Waals surface area contributed by atoms with Crippen molar-refractivity contribution in [3.8, 4) is 5.69 Å². The SMILES string of the molecule is Cc1cccc(Cn2c(=O)c(C(=O)NC3CC3)nn(-c3ccc(C)c(C)c3)c2=O)c1. The highest BCUT2D eigenvalue weighted by Gasteiger charge is 2.27. The maximum absolute atomic E-state index is 13.2. The molecule has 1 aliphatic carbocycles. The minimum absolute atomic E-state index is 0.0659. The molecule has 4 rings (SSSR count). The number of carbonyl (C=O) groups is 1. The molecule has 1 aliphatic rings. The quantitative estimate of drug-likeness (QED) is 0.707. The third-order valence-electron chi connectivity index (χ3n) is 5.35. The smallest absolute Gasteiger partial charge is 0.348 e. The van der Waals surface area contributed by atoms with Gasteiger partial charge in [0.15, 0.2) is 0 Å². The minimum atomic E-state index is -0.681. The average Bonchev–Trinajstić information content (AvgIpc) is 3.51. The highest BCUT2D eigenvalue weighted by molar-refractivity contribution is 5.92. The Morgan fingerprint density at radius 3 is 2.50 bits per heavy atom. The second kappa shape index (κ2) is 7.74. The lowest BCUT2D eigenvalue weighted by Crippen LogP contribution is -2.46. The van der Waals surface area contributed by atoms with Gasteiger partial charge in [-0.1, -0.05) is 35.9 Å². The molecule has 0 aliphatic heterocycles. The van der Waals surface area contributed by atoms with Gasteiger partial charge in [0, 0.05) is 6.04 Å². The summed E-state index contributed by atoms with van der Waals surface area (Å²) in [6.07, 6.45) is 1.78. The molecular formula is C23H24N4O3. The van der Waals surface area contributed by atoms with Gasteiger partial charge in [-0.25, -0.2) is 4.79 Å². The number of aromatic nitrogens is 3. The Kier molecular flexibility index (Phi) is 5.11. The molecule has 3 aromatic rings. The van der Waals surface area contributed by atoms with Crippen LogP contribution in [0.3, 0.4) is 0 Å². The number of benzene rings is 2. The van der Waals surface area contributed by atoms with Crippen LogP contribution in [0.4, 0.5) is 0 Å². The number of rotatable bonds is 5. The Labute approximate surface area is 174 Å². The van der Waals surface area contributed by atoms with Crippen LogP contribution in [0.5, 0.6) is 0 Å². The van der Waals surface area contributed by atoms with Gasteiger partial charge >= 0.3 is 5.69 Å². The van der Waals surface area contributed by atoms with E-state index >= 15 is 0 Å². The van der Waals surface area contributed by atoms with Crippen molar-refractivity contribution in [2.45, 2.75) is 46.2 Å². The van der Waals surface area contributed by atoms with E-state index in [1.807, 2.05) is 57.2 Å². The van der Waals surface area contributed by atoms with Gasteiger partial charge < -0.3 is 5.32 Å². The van der Waals surface area contributed by atoms with Crippen LogP contribution in [-0.4, -0.2) is 26.3 Å². The maximum atomic E-state index is 13.2. The molecule has 0 unspecified atom stereocenters. The van der Waals surface area contributed by atoms with Crippen molar-refractivity contribution >= 4 is 5.91 Å². The zero-order valence-electron chi connectivity index (χ0n) is 17.3. The summed E-state index contributed by atoms with van der Waals surface area (Å²) in [5.74, 6) is -0.543. The lowest BCUT2D eigenvalue weighted by atomic mass is 10.1. The monoisotopic (exact) mass is 404 g/mol.